The van der Waals surface area contributed by atoms with Gasteiger partial charge < -0.3 is 10.2 Å². The van der Waals surface area contributed by atoms with Crippen molar-refractivity contribution in [2.24, 2.45) is 0 Å². The Hall–Kier alpha value is -1.59. The first-order valence-corrected chi connectivity index (χ1v) is 7.35. The number of hydrogen-bond donors (Lipinski definition) is 2. The third-order valence-corrected chi connectivity index (χ3v) is 3.92. The number of rotatable bonds is 4. The molecule has 0 unspecified atom stereocenters. The average molecular weight is 310 g/mol. The smallest absolute Gasteiger partial charge is 0.251 e. The highest BCUT2D eigenvalue weighted by Gasteiger charge is 2.41. The maximum atomic E-state index is 12.1. The van der Waals surface area contributed by atoms with Gasteiger partial charge >= 0.3 is 0 Å². The van der Waals surface area contributed by atoms with Gasteiger partial charge in [-0.25, -0.2) is 0 Å². The lowest BCUT2D eigenvalue weighted by Gasteiger charge is -2.42. The Morgan fingerprint density at radius 2 is 2.10 bits per heavy atom. The quantitative estimate of drug-likeness (QED) is 0.831. The molecular weight excluding hydrogens is 290 g/mol. The van der Waals surface area contributed by atoms with Gasteiger partial charge in [0.1, 0.15) is 5.54 Å². The van der Waals surface area contributed by atoms with Gasteiger partial charge in [0.25, 0.3) is 5.91 Å². The summed E-state index contributed by atoms with van der Waals surface area (Å²) in [6.07, 6.45) is 0. The van der Waals surface area contributed by atoms with E-state index in [4.69, 9.17) is 11.6 Å². The number of carbonyl (C=O) groups excluding carboxylic acids is 2. The van der Waals surface area contributed by atoms with Crippen molar-refractivity contribution in [3.05, 3.63) is 28.8 Å². The zero-order chi connectivity index (χ0) is 15.6. The maximum absolute atomic E-state index is 12.1. The second-order valence-corrected chi connectivity index (χ2v) is 6.01. The van der Waals surface area contributed by atoms with Gasteiger partial charge in [0.15, 0.2) is 0 Å². The van der Waals surface area contributed by atoms with Crippen LogP contribution in [0.4, 0.5) is 5.69 Å². The third-order valence-electron chi connectivity index (χ3n) is 3.69. The van der Waals surface area contributed by atoms with Gasteiger partial charge in [0, 0.05) is 17.3 Å². The molecule has 1 aliphatic heterocycles. The summed E-state index contributed by atoms with van der Waals surface area (Å²) in [6.45, 7) is 7.26. The minimum Gasteiger partial charge on any atom is -0.348 e. The van der Waals surface area contributed by atoms with Crippen molar-refractivity contribution in [2.45, 2.75) is 32.9 Å². The van der Waals surface area contributed by atoms with Gasteiger partial charge in [0.05, 0.1) is 6.54 Å². The number of anilines is 1. The lowest BCUT2D eigenvalue weighted by molar-refractivity contribution is -0.135. The second kappa shape index (κ2) is 6.03. The van der Waals surface area contributed by atoms with E-state index in [1.807, 2.05) is 30.0 Å². The number of nitrogens with one attached hydrogen (secondary N) is 2. The predicted molar refractivity (Wildman–Crippen MR) is 83.4 cm³/mol. The summed E-state index contributed by atoms with van der Waals surface area (Å²) in [5.41, 5.74) is 1.02. The molecule has 1 fully saturated rings. The van der Waals surface area contributed by atoms with E-state index in [1.165, 1.54) is 0 Å². The van der Waals surface area contributed by atoms with Gasteiger partial charge in [-0.1, -0.05) is 24.6 Å². The molecule has 1 aliphatic rings. The highest BCUT2D eigenvalue weighted by Crippen LogP contribution is 2.31. The molecule has 21 heavy (non-hydrogen) atoms. The van der Waals surface area contributed by atoms with Crippen molar-refractivity contribution >= 4 is 29.1 Å². The molecule has 0 atom stereocenters. The number of nitrogens with zero attached hydrogens (tertiary/aromatic N) is 1. The Bertz CT molecular complexity index is 572. The monoisotopic (exact) mass is 309 g/mol. The highest BCUT2D eigenvalue weighted by molar-refractivity contribution is 6.31. The van der Waals surface area contributed by atoms with Crippen molar-refractivity contribution in [1.29, 1.82) is 0 Å². The van der Waals surface area contributed by atoms with E-state index in [1.54, 1.807) is 13.8 Å². The van der Waals surface area contributed by atoms with Crippen LogP contribution in [0.15, 0.2) is 18.2 Å². The summed E-state index contributed by atoms with van der Waals surface area (Å²) < 4.78 is 0. The first-order valence-electron chi connectivity index (χ1n) is 6.97. The Kier molecular flexibility index (Phi) is 4.54. The van der Waals surface area contributed by atoms with E-state index in [0.717, 1.165) is 17.8 Å². The summed E-state index contributed by atoms with van der Waals surface area (Å²) in [6, 6.07) is 5.55. The molecule has 0 saturated carbocycles. The maximum Gasteiger partial charge on any atom is 0.251 e. The van der Waals surface area contributed by atoms with Crippen molar-refractivity contribution in [2.75, 3.05) is 18.0 Å². The molecular formula is C15H20ClN3O2. The fourth-order valence-electron chi connectivity index (χ4n) is 2.37. The average Bonchev–Trinajstić information content (AvgIpc) is 2.42. The topological polar surface area (TPSA) is 61.4 Å². The Morgan fingerprint density at radius 3 is 2.76 bits per heavy atom. The minimum absolute atomic E-state index is 0.137. The van der Waals surface area contributed by atoms with Gasteiger partial charge in [-0.3, -0.25) is 14.9 Å². The molecule has 0 radical (unpaired) electrons. The molecule has 5 nitrogen and oxygen atoms in total. The molecule has 2 rings (SSSR count). The van der Waals surface area contributed by atoms with Gasteiger partial charge in [0.2, 0.25) is 5.91 Å². The van der Waals surface area contributed by atoms with Crippen molar-refractivity contribution in [3.63, 3.8) is 0 Å². The van der Waals surface area contributed by atoms with Gasteiger partial charge in [-0.05, 0) is 38.1 Å². The van der Waals surface area contributed by atoms with Crippen LogP contribution in [0.25, 0.3) is 0 Å². The fraction of sp³-hybridized carbons (Fsp3) is 0.467. The van der Waals surface area contributed by atoms with E-state index in [-0.39, 0.29) is 18.4 Å². The number of benzene rings is 1. The minimum atomic E-state index is -0.806. The molecule has 114 valence electrons. The summed E-state index contributed by atoms with van der Waals surface area (Å²) >= 11 is 6.10. The van der Waals surface area contributed by atoms with Crippen LogP contribution in [0.3, 0.4) is 0 Å². The Balaban J connectivity index is 2.45. The van der Waals surface area contributed by atoms with Crippen LogP contribution in [0.1, 0.15) is 26.3 Å². The lowest BCUT2D eigenvalue weighted by atomic mass is 9.96. The van der Waals surface area contributed by atoms with Crippen LogP contribution in [-0.4, -0.2) is 30.4 Å². The zero-order valence-corrected chi connectivity index (χ0v) is 13.3. The molecule has 0 bridgehead atoms. The molecule has 1 heterocycles. The normalized spacial score (nSPS) is 17.8. The van der Waals surface area contributed by atoms with E-state index >= 15 is 0 Å². The fourth-order valence-corrected chi connectivity index (χ4v) is 2.53. The van der Waals surface area contributed by atoms with Crippen LogP contribution in [0.5, 0.6) is 0 Å². The highest BCUT2D eigenvalue weighted by atomic mass is 35.5. The molecule has 2 amide bonds. The standard InChI is InChI=1S/C15H20ClN3O2/c1-4-17-8-10-5-6-11(16)7-12(10)19-9-13(20)18-14(21)15(19,2)3/h5-7,17H,4,8-9H2,1-3H3,(H,18,20,21). The first kappa shape index (κ1) is 15.8. The molecule has 1 saturated heterocycles. The summed E-state index contributed by atoms with van der Waals surface area (Å²) in [5.74, 6) is -0.596. The number of amides is 2. The van der Waals surface area contributed by atoms with E-state index < -0.39 is 5.54 Å². The molecule has 6 heteroatoms. The van der Waals surface area contributed by atoms with Crippen molar-refractivity contribution in [1.82, 2.24) is 10.6 Å². The molecule has 0 aliphatic carbocycles. The zero-order valence-electron chi connectivity index (χ0n) is 12.5. The Labute approximate surface area is 129 Å². The number of hydrogen-bond acceptors (Lipinski definition) is 4. The number of imide groups is 1. The number of carbonyl (C=O) groups is 2. The Morgan fingerprint density at radius 1 is 1.38 bits per heavy atom. The molecule has 0 spiro atoms. The van der Waals surface area contributed by atoms with Crippen molar-refractivity contribution in [3.8, 4) is 0 Å². The largest absolute Gasteiger partial charge is 0.348 e. The van der Waals surface area contributed by atoms with Crippen molar-refractivity contribution < 1.29 is 9.59 Å². The van der Waals surface area contributed by atoms with Gasteiger partial charge in [-0.15, -0.1) is 0 Å². The van der Waals surface area contributed by atoms with Crippen LogP contribution in [0, 0.1) is 0 Å². The number of halogens is 1. The first-order chi connectivity index (χ1) is 9.86. The lowest BCUT2D eigenvalue weighted by Crippen LogP contribution is -2.64. The molecule has 2 N–H and O–H groups in total. The number of piperazine rings is 1. The van der Waals surface area contributed by atoms with E-state index in [9.17, 15) is 9.59 Å². The van der Waals surface area contributed by atoms with Crippen LogP contribution >= 0.6 is 11.6 Å². The molecule has 1 aromatic rings. The van der Waals surface area contributed by atoms with Gasteiger partial charge in [-0.2, -0.15) is 0 Å². The summed E-state index contributed by atoms with van der Waals surface area (Å²) in [7, 11) is 0. The van der Waals surface area contributed by atoms with E-state index in [0.29, 0.717) is 11.6 Å². The summed E-state index contributed by atoms with van der Waals surface area (Å²) in [5, 5.41) is 6.22. The predicted octanol–water partition coefficient (Wildman–Crippen LogP) is 1.69. The van der Waals surface area contributed by atoms with Crippen LogP contribution < -0.4 is 15.5 Å². The third kappa shape index (κ3) is 3.19. The second-order valence-electron chi connectivity index (χ2n) is 5.58. The SMILES string of the molecule is CCNCc1ccc(Cl)cc1N1CC(=O)NC(=O)C1(C)C. The molecule has 0 aromatic heterocycles. The van der Waals surface area contributed by atoms with Crippen LogP contribution in [-0.2, 0) is 16.1 Å². The van der Waals surface area contributed by atoms with E-state index in [2.05, 4.69) is 10.6 Å². The van der Waals surface area contributed by atoms with Crippen LogP contribution in [0.2, 0.25) is 5.02 Å². The molecule has 1 aromatic carbocycles. The summed E-state index contributed by atoms with van der Waals surface area (Å²) in [4.78, 5) is 25.6.